The average Bonchev–Trinajstić information content (AvgIpc) is 2.41. The van der Waals surface area contributed by atoms with Gasteiger partial charge >= 0.3 is 5.97 Å². The van der Waals surface area contributed by atoms with Crippen LogP contribution in [-0.2, 0) is 16.6 Å². The third-order valence-electron chi connectivity index (χ3n) is 5.34. The molecule has 0 aromatic heterocycles. The number of aryl methyl sites for hydroxylation is 1. The standard InChI is InChI=1S/C17H22O2/c1-12-6-5-7-14-13(12)8-9-15(16(18)19)17(14)10-3-2-4-11-17/h5-7,15H,2-4,8-11H2,1H3,(H,18,19). The van der Waals surface area contributed by atoms with Crippen LogP contribution in [0.4, 0.5) is 0 Å². The molecule has 2 aliphatic carbocycles. The smallest absolute Gasteiger partial charge is 0.307 e. The number of carbonyl (C=O) groups is 1. The monoisotopic (exact) mass is 258 g/mol. The molecule has 102 valence electrons. The summed E-state index contributed by atoms with van der Waals surface area (Å²) in [5.41, 5.74) is 4.04. The maximum Gasteiger partial charge on any atom is 0.307 e. The van der Waals surface area contributed by atoms with Gasteiger partial charge in [0.25, 0.3) is 0 Å². The fourth-order valence-electron chi connectivity index (χ4n) is 4.41. The van der Waals surface area contributed by atoms with Crippen molar-refractivity contribution in [1.29, 1.82) is 0 Å². The Bertz CT molecular complexity index is 498. The number of hydrogen-bond donors (Lipinski definition) is 1. The van der Waals surface area contributed by atoms with Gasteiger partial charge in [-0.1, -0.05) is 37.5 Å². The van der Waals surface area contributed by atoms with Crippen molar-refractivity contribution in [3.05, 3.63) is 34.9 Å². The van der Waals surface area contributed by atoms with Gasteiger partial charge in [0.05, 0.1) is 5.92 Å². The van der Waals surface area contributed by atoms with Gasteiger partial charge in [-0.05, 0) is 49.3 Å². The fraction of sp³-hybridized carbons (Fsp3) is 0.588. The number of fused-ring (bicyclic) bond motifs is 2. The van der Waals surface area contributed by atoms with Crippen molar-refractivity contribution >= 4 is 5.97 Å². The molecule has 1 N–H and O–H groups in total. The molecule has 0 bridgehead atoms. The van der Waals surface area contributed by atoms with Gasteiger partial charge in [-0.15, -0.1) is 0 Å². The lowest BCUT2D eigenvalue weighted by Crippen LogP contribution is -2.45. The summed E-state index contributed by atoms with van der Waals surface area (Å²) in [6.07, 6.45) is 7.47. The molecule has 2 heteroatoms. The topological polar surface area (TPSA) is 37.3 Å². The molecule has 1 aromatic carbocycles. The molecule has 1 aromatic rings. The van der Waals surface area contributed by atoms with Gasteiger partial charge in [-0.3, -0.25) is 4.79 Å². The lowest BCUT2D eigenvalue weighted by molar-refractivity contribution is -0.145. The number of aliphatic carboxylic acids is 1. The van der Waals surface area contributed by atoms with Crippen LogP contribution in [0, 0.1) is 12.8 Å². The molecule has 0 radical (unpaired) electrons. The van der Waals surface area contributed by atoms with Crippen LogP contribution in [0.15, 0.2) is 18.2 Å². The first-order chi connectivity index (χ1) is 9.15. The number of hydrogen-bond acceptors (Lipinski definition) is 1. The van der Waals surface area contributed by atoms with E-state index in [1.165, 1.54) is 36.0 Å². The van der Waals surface area contributed by atoms with E-state index < -0.39 is 5.97 Å². The second kappa shape index (κ2) is 4.66. The number of carboxylic acids is 1. The molecule has 19 heavy (non-hydrogen) atoms. The minimum Gasteiger partial charge on any atom is -0.481 e. The molecule has 0 saturated heterocycles. The first-order valence-electron chi connectivity index (χ1n) is 7.47. The van der Waals surface area contributed by atoms with Crippen molar-refractivity contribution < 1.29 is 9.90 Å². The van der Waals surface area contributed by atoms with Crippen LogP contribution in [-0.4, -0.2) is 11.1 Å². The summed E-state index contributed by atoms with van der Waals surface area (Å²) in [6.45, 7) is 2.16. The Labute approximate surface area is 114 Å². The van der Waals surface area contributed by atoms with Crippen LogP contribution in [0.25, 0.3) is 0 Å². The van der Waals surface area contributed by atoms with Gasteiger partial charge in [0.15, 0.2) is 0 Å². The SMILES string of the molecule is Cc1cccc2c1CCC(C(=O)O)C21CCCCC1. The Balaban J connectivity index is 2.15. The van der Waals surface area contributed by atoms with E-state index in [-0.39, 0.29) is 11.3 Å². The van der Waals surface area contributed by atoms with E-state index in [1.54, 1.807) is 0 Å². The van der Waals surface area contributed by atoms with Crippen LogP contribution in [0.3, 0.4) is 0 Å². The second-order valence-electron chi connectivity index (χ2n) is 6.25. The van der Waals surface area contributed by atoms with Crippen LogP contribution < -0.4 is 0 Å². The minimum absolute atomic E-state index is 0.0797. The van der Waals surface area contributed by atoms with E-state index in [9.17, 15) is 9.90 Å². The number of carboxylic acid groups (broad SMARTS) is 1. The van der Waals surface area contributed by atoms with Gasteiger partial charge < -0.3 is 5.11 Å². The van der Waals surface area contributed by atoms with Gasteiger partial charge in [0.2, 0.25) is 0 Å². The maximum atomic E-state index is 11.7. The molecule has 0 amide bonds. The lowest BCUT2D eigenvalue weighted by Gasteiger charge is -2.46. The van der Waals surface area contributed by atoms with Crippen molar-refractivity contribution in [3.63, 3.8) is 0 Å². The van der Waals surface area contributed by atoms with E-state index in [1.807, 2.05) is 0 Å². The summed E-state index contributed by atoms with van der Waals surface area (Å²) in [7, 11) is 0. The molecule has 1 spiro atoms. The van der Waals surface area contributed by atoms with E-state index >= 15 is 0 Å². The zero-order valence-electron chi connectivity index (χ0n) is 11.6. The molecular weight excluding hydrogens is 236 g/mol. The molecule has 2 aliphatic rings. The normalized spacial score (nSPS) is 25.0. The van der Waals surface area contributed by atoms with E-state index in [4.69, 9.17) is 0 Å². The van der Waals surface area contributed by atoms with Crippen LogP contribution in [0.1, 0.15) is 55.2 Å². The third-order valence-corrected chi connectivity index (χ3v) is 5.34. The van der Waals surface area contributed by atoms with E-state index in [0.29, 0.717) is 0 Å². The zero-order valence-corrected chi connectivity index (χ0v) is 11.6. The Morgan fingerprint density at radius 3 is 2.68 bits per heavy atom. The maximum absolute atomic E-state index is 11.7. The zero-order chi connectivity index (χ0) is 13.5. The largest absolute Gasteiger partial charge is 0.481 e. The highest BCUT2D eigenvalue weighted by Gasteiger charge is 2.48. The predicted molar refractivity (Wildman–Crippen MR) is 75.4 cm³/mol. The van der Waals surface area contributed by atoms with Gasteiger partial charge in [0.1, 0.15) is 0 Å². The van der Waals surface area contributed by atoms with Gasteiger partial charge in [-0.2, -0.15) is 0 Å². The molecule has 1 fully saturated rings. The number of benzene rings is 1. The van der Waals surface area contributed by atoms with Crippen molar-refractivity contribution in [3.8, 4) is 0 Å². The second-order valence-corrected chi connectivity index (χ2v) is 6.25. The Hall–Kier alpha value is -1.31. The summed E-state index contributed by atoms with van der Waals surface area (Å²) < 4.78 is 0. The summed E-state index contributed by atoms with van der Waals surface area (Å²) >= 11 is 0. The molecule has 2 nitrogen and oxygen atoms in total. The Morgan fingerprint density at radius 1 is 1.26 bits per heavy atom. The van der Waals surface area contributed by atoms with E-state index in [2.05, 4.69) is 25.1 Å². The first kappa shape index (κ1) is 12.7. The van der Waals surface area contributed by atoms with Crippen molar-refractivity contribution in [1.82, 2.24) is 0 Å². The summed E-state index contributed by atoms with van der Waals surface area (Å²) in [6, 6.07) is 6.47. The highest BCUT2D eigenvalue weighted by Crippen LogP contribution is 2.51. The predicted octanol–water partition coefficient (Wildman–Crippen LogP) is 3.84. The molecule has 0 heterocycles. The summed E-state index contributed by atoms with van der Waals surface area (Å²) in [5, 5.41) is 9.65. The third kappa shape index (κ3) is 1.89. The lowest BCUT2D eigenvalue weighted by atomic mass is 9.56. The van der Waals surface area contributed by atoms with Crippen LogP contribution >= 0.6 is 0 Å². The number of rotatable bonds is 1. The average molecular weight is 258 g/mol. The first-order valence-corrected chi connectivity index (χ1v) is 7.47. The van der Waals surface area contributed by atoms with Crippen molar-refractivity contribution in [2.45, 2.75) is 57.3 Å². The Kier molecular flexibility index (Phi) is 3.12. The Morgan fingerprint density at radius 2 is 2.00 bits per heavy atom. The molecule has 1 atom stereocenters. The quantitative estimate of drug-likeness (QED) is 0.831. The van der Waals surface area contributed by atoms with Gasteiger partial charge in [-0.25, -0.2) is 0 Å². The van der Waals surface area contributed by atoms with Crippen LogP contribution in [0.5, 0.6) is 0 Å². The summed E-state index contributed by atoms with van der Waals surface area (Å²) in [5.74, 6) is -0.767. The van der Waals surface area contributed by atoms with Crippen molar-refractivity contribution in [2.75, 3.05) is 0 Å². The molecule has 0 aliphatic heterocycles. The molecular formula is C17H22O2. The minimum atomic E-state index is -0.589. The highest BCUT2D eigenvalue weighted by atomic mass is 16.4. The van der Waals surface area contributed by atoms with Crippen molar-refractivity contribution in [2.24, 2.45) is 5.92 Å². The highest BCUT2D eigenvalue weighted by molar-refractivity contribution is 5.73. The molecule has 3 rings (SSSR count). The van der Waals surface area contributed by atoms with Crippen LogP contribution in [0.2, 0.25) is 0 Å². The fourth-order valence-corrected chi connectivity index (χ4v) is 4.41. The van der Waals surface area contributed by atoms with Gasteiger partial charge in [0, 0.05) is 5.41 Å². The van der Waals surface area contributed by atoms with E-state index in [0.717, 1.165) is 25.7 Å². The molecule has 1 unspecified atom stereocenters. The summed E-state index contributed by atoms with van der Waals surface area (Å²) in [4.78, 5) is 11.7. The molecule has 1 saturated carbocycles.